The van der Waals surface area contributed by atoms with Gasteiger partial charge in [-0.05, 0) is 37.4 Å². The Labute approximate surface area is 114 Å². The minimum atomic E-state index is -0.347. The van der Waals surface area contributed by atoms with Crippen LogP contribution in [0, 0.1) is 0 Å². The molecular weight excluding hydrogens is 274 g/mol. The van der Waals surface area contributed by atoms with Crippen LogP contribution in [0.5, 0.6) is 0 Å². The Kier molecular flexibility index (Phi) is 4.21. The third kappa shape index (κ3) is 2.50. The van der Waals surface area contributed by atoms with E-state index in [0.29, 0.717) is 5.89 Å². The molecule has 1 N–H and O–H groups in total. The van der Waals surface area contributed by atoms with Crippen molar-refractivity contribution >= 4 is 23.7 Å². The predicted molar refractivity (Wildman–Crippen MR) is 72.5 cm³/mol. The summed E-state index contributed by atoms with van der Waals surface area (Å²) < 4.78 is 6.69. The molecule has 0 radical (unpaired) electrons. The van der Waals surface area contributed by atoms with Crippen LogP contribution in [-0.2, 0) is 0 Å². The molecule has 1 aliphatic rings. The lowest BCUT2D eigenvalue weighted by molar-refractivity contribution is 0.323. The van der Waals surface area contributed by atoms with Gasteiger partial charge >= 0.3 is 5.76 Å². The Morgan fingerprint density at radius 2 is 2.22 bits per heavy atom. The lowest BCUT2D eigenvalue weighted by atomic mass is 10.1. The number of nitrogens with one attached hydrogen (secondary N) is 1. The maximum Gasteiger partial charge on any atom is 0.437 e. The zero-order valence-corrected chi connectivity index (χ0v) is 11.3. The van der Waals surface area contributed by atoms with Gasteiger partial charge in [-0.15, -0.1) is 28.8 Å². The van der Waals surface area contributed by atoms with Crippen LogP contribution in [0.2, 0.25) is 0 Å². The summed E-state index contributed by atoms with van der Waals surface area (Å²) in [5.41, 5.74) is 0. The molecule has 3 heterocycles. The van der Waals surface area contributed by atoms with Crippen LogP contribution in [0.1, 0.15) is 18.9 Å². The molecule has 1 saturated heterocycles. The summed E-state index contributed by atoms with van der Waals surface area (Å²) in [6, 6.07) is 3.99. The van der Waals surface area contributed by atoms with E-state index in [2.05, 4.69) is 10.4 Å². The highest BCUT2D eigenvalue weighted by Gasteiger charge is 2.21. The third-order valence-corrected chi connectivity index (χ3v) is 3.81. The minimum absolute atomic E-state index is 0. The van der Waals surface area contributed by atoms with E-state index < -0.39 is 0 Å². The first-order chi connectivity index (χ1) is 8.34. The van der Waals surface area contributed by atoms with Gasteiger partial charge in [0.25, 0.3) is 5.89 Å². The van der Waals surface area contributed by atoms with Gasteiger partial charge in [-0.3, -0.25) is 0 Å². The zero-order valence-electron chi connectivity index (χ0n) is 9.67. The first-order valence-corrected chi connectivity index (χ1v) is 6.57. The maximum atomic E-state index is 11.8. The van der Waals surface area contributed by atoms with E-state index in [1.807, 2.05) is 17.5 Å². The fourth-order valence-corrected chi connectivity index (χ4v) is 2.71. The zero-order chi connectivity index (χ0) is 11.7. The first-order valence-electron chi connectivity index (χ1n) is 5.69. The number of hydrogen-bond acceptors (Lipinski definition) is 5. The number of rotatable bonds is 2. The Morgan fingerprint density at radius 3 is 2.89 bits per heavy atom. The molecule has 0 aliphatic carbocycles. The second kappa shape index (κ2) is 5.69. The molecule has 0 atom stereocenters. The number of nitrogens with zero attached hydrogens (tertiary/aromatic N) is 2. The van der Waals surface area contributed by atoms with Crippen molar-refractivity contribution in [3.63, 3.8) is 0 Å². The van der Waals surface area contributed by atoms with Crippen molar-refractivity contribution in [2.45, 2.75) is 18.9 Å². The van der Waals surface area contributed by atoms with E-state index in [1.54, 1.807) is 0 Å². The number of hydrogen-bond donors (Lipinski definition) is 1. The van der Waals surface area contributed by atoms with E-state index >= 15 is 0 Å². The molecule has 0 amide bonds. The van der Waals surface area contributed by atoms with E-state index in [0.717, 1.165) is 30.8 Å². The van der Waals surface area contributed by atoms with Gasteiger partial charge in [-0.1, -0.05) is 6.07 Å². The van der Waals surface area contributed by atoms with Gasteiger partial charge < -0.3 is 9.73 Å². The summed E-state index contributed by atoms with van der Waals surface area (Å²) >= 11 is 1.52. The predicted octanol–water partition coefficient (Wildman–Crippen LogP) is 1.91. The molecule has 5 nitrogen and oxygen atoms in total. The average molecular weight is 288 g/mol. The first kappa shape index (κ1) is 13.3. The summed E-state index contributed by atoms with van der Waals surface area (Å²) in [7, 11) is 0. The average Bonchev–Trinajstić information content (AvgIpc) is 2.99. The SMILES string of the molecule is Cl.O=c1oc(-c2cccs2)nn1C1CCNCC1. The topological polar surface area (TPSA) is 60.1 Å². The monoisotopic (exact) mass is 287 g/mol. The molecule has 0 aromatic carbocycles. The van der Waals surface area contributed by atoms with Gasteiger partial charge in [0.1, 0.15) is 0 Å². The molecule has 18 heavy (non-hydrogen) atoms. The van der Waals surface area contributed by atoms with Gasteiger partial charge in [0.05, 0.1) is 10.9 Å². The number of halogens is 1. The van der Waals surface area contributed by atoms with Crippen LogP contribution in [0.3, 0.4) is 0 Å². The molecule has 7 heteroatoms. The second-order valence-corrected chi connectivity index (χ2v) is 5.02. The van der Waals surface area contributed by atoms with E-state index in [-0.39, 0.29) is 24.2 Å². The number of piperidine rings is 1. The summed E-state index contributed by atoms with van der Waals surface area (Å²) in [6.07, 6.45) is 1.85. The normalized spacial score (nSPS) is 16.4. The van der Waals surface area contributed by atoms with Crippen molar-refractivity contribution in [3.05, 3.63) is 28.1 Å². The molecule has 0 spiro atoms. The standard InChI is InChI=1S/C11H13N3O2S.ClH/c15-11-14(8-3-5-12-6-4-8)13-10(16-11)9-2-1-7-17-9;/h1-2,7-8,12H,3-6H2;1H. The van der Waals surface area contributed by atoms with Gasteiger partial charge in [-0.25, -0.2) is 4.79 Å². The highest BCUT2D eigenvalue weighted by atomic mass is 35.5. The van der Waals surface area contributed by atoms with Crippen LogP contribution in [-0.4, -0.2) is 22.9 Å². The lowest BCUT2D eigenvalue weighted by Crippen LogP contribution is -2.33. The largest absolute Gasteiger partial charge is 0.437 e. The second-order valence-electron chi connectivity index (χ2n) is 4.08. The highest BCUT2D eigenvalue weighted by molar-refractivity contribution is 7.13. The molecule has 98 valence electrons. The van der Waals surface area contributed by atoms with Crippen LogP contribution in [0.15, 0.2) is 26.7 Å². The van der Waals surface area contributed by atoms with Crippen molar-refractivity contribution in [3.8, 4) is 10.8 Å². The van der Waals surface area contributed by atoms with Crippen LogP contribution < -0.4 is 11.1 Å². The molecule has 3 rings (SSSR count). The quantitative estimate of drug-likeness (QED) is 0.917. The molecule has 2 aromatic heterocycles. The van der Waals surface area contributed by atoms with Crippen molar-refractivity contribution in [1.29, 1.82) is 0 Å². The lowest BCUT2D eigenvalue weighted by Gasteiger charge is -2.21. The molecular formula is C11H14ClN3O2S. The van der Waals surface area contributed by atoms with E-state index in [4.69, 9.17) is 4.42 Å². The van der Waals surface area contributed by atoms with Crippen LogP contribution in [0.4, 0.5) is 0 Å². The molecule has 2 aromatic rings. The fraction of sp³-hybridized carbons (Fsp3) is 0.455. The summed E-state index contributed by atoms with van der Waals surface area (Å²) in [6.45, 7) is 1.86. The van der Waals surface area contributed by atoms with Gasteiger partial charge in [-0.2, -0.15) is 4.68 Å². The summed E-state index contributed by atoms with van der Waals surface area (Å²) in [5, 5.41) is 9.51. The van der Waals surface area contributed by atoms with Crippen molar-refractivity contribution in [2.75, 3.05) is 13.1 Å². The Bertz CT molecular complexity index is 543. The van der Waals surface area contributed by atoms with Gasteiger partial charge in [0.2, 0.25) is 0 Å². The molecule has 0 bridgehead atoms. The Balaban J connectivity index is 0.00000120. The highest BCUT2D eigenvalue weighted by Crippen LogP contribution is 2.23. The van der Waals surface area contributed by atoms with Crippen molar-refractivity contribution in [2.24, 2.45) is 0 Å². The van der Waals surface area contributed by atoms with Crippen molar-refractivity contribution < 1.29 is 4.42 Å². The molecule has 1 aliphatic heterocycles. The minimum Gasteiger partial charge on any atom is -0.387 e. The fourth-order valence-electron chi connectivity index (χ4n) is 2.07. The van der Waals surface area contributed by atoms with Gasteiger partial charge in [0, 0.05) is 0 Å². The summed E-state index contributed by atoms with van der Waals surface area (Å²) in [4.78, 5) is 12.7. The molecule has 1 fully saturated rings. The Morgan fingerprint density at radius 1 is 1.44 bits per heavy atom. The molecule has 0 saturated carbocycles. The number of thiophene rings is 1. The Hall–Kier alpha value is -1.11. The van der Waals surface area contributed by atoms with Crippen LogP contribution >= 0.6 is 23.7 Å². The summed E-state index contributed by atoms with van der Waals surface area (Å²) in [5.74, 6) is 0.0869. The van der Waals surface area contributed by atoms with E-state index in [9.17, 15) is 4.79 Å². The smallest absolute Gasteiger partial charge is 0.387 e. The number of aromatic nitrogens is 2. The van der Waals surface area contributed by atoms with Gasteiger partial charge in [0.15, 0.2) is 0 Å². The van der Waals surface area contributed by atoms with E-state index in [1.165, 1.54) is 16.0 Å². The molecule has 0 unspecified atom stereocenters. The third-order valence-electron chi connectivity index (χ3n) is 2.96. The van der Waals surface area contributed by atoms with Crippen molar-refractivity contribution in [1.82, 2.24) is 15.1 Å². The maximum absolute atomic E-state index is 11.8. The van der Waals surface area contributed by atoms with Crippen LogP contribution in [0.25, 0.3) is 10.8 Å².